The molecule has 0 radical (unpaired) electrons. The van der Waals surface area contributed by atoms with E-state index in [9.17, 15) is 0 Å². The molecule has 0 aromatic carbocycles. The molecule has 0 aliphatic carbocycles. The summed E-state index contributed by atoms with van der Waals surface area (Å²) in [5.41, 5.74) is 0. The van der Waals surface area contributed by atoms with Gasteiger partial charge in [-0.1, -0.05) is 0 Å². The van der Waals surface area contributed by atoms with Gasteiger partial charge in [-0.3, -0.25) is 0 Å². The Balaban J connectivity index is -0.0000000267. The van der Waals surface area contributed by atoms with Gasteiger partial charge in [0.2, 0.25) is 0 Å². The average Bonchev–Trinajstić information content (AvgIpc) is 0.722. The minimum Gasteiger partial charge on any atom is -0.344 e. The fraction of sp³-hybridized carbons (Fsp3) is 0. The van der Waals surface area contributed by atoms with E-state index in [1.165, 1.54) is 0 Å². The first-order chi connectivity index (χ1) is 2.00. The first kappa shape index (κ1) is 22.7. The molecule has 0 unspecified atom stereocenters. The van der Waals surface area contributed by atoms with Crippen LogP contribution in [0.25, 0.3) is 0 Å². The Morgan fingerprint density at radius 1 is 1.12 bits per heavy atom. The molecule has 50 valence electrons. The molecule has 5 nitrogen and oxygen atoms in total. The van der Waals surface area contributed by atoms with Gasteiger partial charge in [0.1, 0.15) is 0 Å². The summed E-state index contributed by atoms with van der Waals surface area (Å²) in [7, 11) is -4.64. The van der Waals surface area contributed by atoms with Gasteiger partial charge in [0, 0.05) is 21.1 Å². The maximum atomic E-state index is 8.88. The van der Waals surface area contributed by atoms with Gasteiger partial charge in [-0.2, -0.15) is 0 Å². The van der Waals surface area contributed by atoms with E-state index in [1.807, 2.05) is 0 Å². The van der Waals surface area contributed by atoms with Gasteiger partial charge in [-0.25, -0.2) is 4.57 Å². The summed E-state index contributed by atoms with van der Waals surface area (Å²) in [6, 6.07) is 0. The fourth-order valence-electron chi connectivity index (χ4n) is 0. The molecular formula is H8MgNO4PW. The molecule has 0 saturated heterocycles. The van der Waals surface area contributed by atoms with Gasteiger partial charge in [0.15, 0.2) is 0 Å². The Kier molecular flexibility index (Phi) is 24.2. The van der Waals surface area contributed by atoms with Crippen LogP contribution in [0, 0.1) is 0 Å². The zero-order valence-corrected chi connectivity index (χ0v) is 7.14. The van der Waals surface area contributed by atoms with Crippen molar-refractivity contribution in [1.29, 1.82) is 0 Å². The summed E-state index contributed by atoms with van der Waals surface area (Å²) in [4.78, 5) is 21.6. The smallest absolute Gasteiger partial charge is 0.344 e. The summed E-state index contributed by atoms with van der Waals surface area (Å²) < 4.78 is 8.88. The first-order valence-electron chi connectivity index (χ1n) is 0.783. The number of hydrogen-bond donors (Lipinski definition) is 4. The van der Waals surface area contributed by atoms with Crippen LogP contribution in [0.2, 0.25) is 0 Å². The Morgan fingerprint density at radius 3 is 1.12 bits per heavy atom. The van der Waals surface area contributed by atoms with E-state index in [-0.39, 0.29) is 50.3 Å². The summed E-state index contributed by atoms with van der Waals surface area (Å²) in [5, 5.41) is 0. The van der Waals surface area contributed by atoms with Crippen molar-refractivity contribution in [3.8, 4) is 0 Å². The molecule has 0 aliphatic heterocycles. The van der Waals surface area contributed by atoms with Crippen molar-refractivity contribution < 1.29 is 40.3 Å². The van der Waals surface area contributed by atoms with Crippen LogP contribution in [0.1, 0.15) is 0 Å². The van der Waals surface area contributed by atoms with Crippen molar-refractivity contribution in [2.45, 2.75) is 0 Å². The van der Waals surface area contributed by atoms with Crippen molar-refractivity contribution in [2.75, 3.05) is 0 Å². The van der Waals surface area contributed by atoms with Gasteiger partial charge >= 0.3 is 30.9 Å². The molecule has 0 saturated carbocycles. The van der Waals surface area contributed by atoms with Crippen LogP contribution in [0.15, 0.2) is 0 Å². The largest absolute Gasteiger partial charge is 0.466 e. The van der Waals surface area contributed by atoms with Crippen molar-refractivity contribution >= 4 is 30.9 Å². The second-order valence-corrected chi connectivity index (χ2v) is 1.54. The molecule has 0 bridgehead atoms. The van der Waals surface area contributed by atoms with Gasteiger partial charge in [0.25, 0.3) is 0 Å². The van der Waals surface area contributed by atoms with Gasteiger partial charge < -0.3 is 20.8 Å². The molecule has 0 aromatic rings. The van der Waals surface area contributed by atoms with E-state index >= 15 is 0 Å². The third-order valence-corrected chi connectivity index (χ3v) is 0. The Hall–Kier alpha value is 1.52. The van der Waals surface area contributed by atoms with Crippen molar-refractivity contribution in [3.05, 3.63) is 0 Å². The van der Waals surface area contributed by atoms with E-state index in [2.05, 4.69) is 0 Å². The van der Waals surface area contributed by atoms with Crippen molar-refractivity contribution in [3.63, 3.8) is 0 Å². The summed E-state index contributed by atoms with van der Waals surface area (Å²) in [5.74, 6) is 0. The predicted molar refractivity (Wildman–Crippen MR) is 27.8 cm³/mol. The molecule has 8 heavy (non-hydrogen) atoms. The predicted octanol–water partition coefficient (Wildman–Crippen LogP) is -1.69. The fourth-order valence-corrected chi connectivity index (χ4v) is 0. The van der Waals surface area contributed by atoms with Crippen LogP contribution < -0.4 is 6.15 Å². The van der Waals surface area contributed by atoms with Gasteiger partial charge in [0.05, 0.1) is 0 Å². The average molecular weight is 325 g/mol. The minimum absolute atomic E-state index is 0. The Morgan fingerprint density at radius 2 is 1.12 bits per heavy atom. The monoisotopic (exact) mass is 325 g/mol. The molecule has 0 fully saturated rings. The molecule has 6 N–H and O–H groups in total. The van der Waals surface area contributed by atoms with Gasteiger partial charge in [-0.15, -0.1) is 0 Å². The van der Waals surface area contributed by atoms with Crippen LogP contribution in [0.5, 0.6) is 0 Å². The van der Waals surface area contributed by atoms with Gasteiger partial charge in [-0.05, 0) is 0 Å². The molecule has 8 heteroatoms. The topological polar surface area (TPSA) is 113 Å². The van der Waals surface area contributed by atoms with E-state index in [4.69, 9.17) is 19.2 Å². The quantitative estimate of drug-likeness (QED) is 0.314. The molecule has 0 heterocycles. The second-order valence-electron chi connectivity index (χ2n) is 0.513. The van der Waals surface area contributed by atoms with Crippen LogP contribution in [0.3, 0.4) is 0 Å². The Bertz CT molecular complexity index is 62.2. The maximum Gasteiger partial charge on any atom is 0.466 e. The molecule has 0 amide bonds. The minimum atomic E-state index is -4.64. The zero-order valence-electron chi connectivity index (χ0n) is 3.31. The number of phosphoric acid groups is 1. The van der Waals surface area contributed by atoms with E-state index in [0.29, 0.717) is 0 Å². The zero-order chi connectivity index (χ0) is 4.50. The summed E-state index contributed by atoms with van der Waals surface area (Å²) in [6.07, 6.45) is 0. The third kappa shape index (κ3) is 138. The molecular weight excluding hydrogens is 317 g/mol. The van der Waals surface area contributed by atoms with Crippen molar-refractivity contribution in [2.24, 2.45) is 0 Å². The van der Waals surface area contributed by atoms with E-state index in [0.717, 1.165) is 0 Å². The van der Waals surface area contributed by atoms with Crippen LogP contribution in [0.4, 0.5) is 0 Å². The molecule has 0 aliphatic rings. The number of rotatable bonds is 0. The van der Waals surface area contributed by atoms with E-state index < -0.39 is 7.82 Å². The number of hydrogen-bond acceptors (Lipinski definition) is 2. The molecule has 0 spiro atoms. The van der Waals surface area contributed by atoms with E-state index in [1.54, 1.807) is 0 Å². The second kappa shape index (κ2) is 8.52. The van der Waals surface area contributed by atoms with Crippen LogP contribution in [-0.4, -0.2) is 37.7 Å². The molecule has 0 atom stereocenters. The molecule has 0 aromatic heterocycles. The van der Waals surface area contributed by atoms with Crippen molar-refractivity contribution in [1.82, 2.24) is 6.15 Å². The standard InChI is InChI=1S/Mg.H3N.H3O4P.W.2H/c;;1-5(2,3)4;;;/h;1H3;(H3,1,2,3,4);;;. The molecule has 0 rings (SSSR count). The summed E-state index contributed by atoms with van der Waals surface area (Å²) >= 11 is 0. The SMILES string of the molecule is N.O=P(O)(O)O.[MgH2].[W]. The Labute approximate surface area is 77.1 Å². The summed E-state index contributed by atoms with van der Waals surface area (Å²) in [6.45, 7) is 0. The first-order valence-corrected chi connectivity index (χ1v) is 2.35. The van der Waals surface area contributed by atoms with Crippen LogP contribution in [-0.2, 0) is 25.6 Å². The normalized spacial score (nSPS) is 7.38. The third-order valence-electron chi connectivity index (χ3n) is 0. The van der Waals surface area contributed by atoms with Crippen LogP contribution >= 0.6 is 7.82 Å². The maximum absolute atomic E-state index is 8.88.